The molecule has 2 rings (SSSR count). The lowest BCUT2D eigenvalue weighted by atomic mass is 10.0. The fraction of sp³-hybridized carbons (Fsp3) is 0.553. The third-order valence-corrected chi connectivity index (χ3v) is 7.55. The molecular weight excluding hydrogens is 668 g/mol. The minimum atomic E-state index is -1.13. The van der Waals surface area contributed by atoms with Gasteiger partial charge in [0.25, 0.3) is 0 Å². The van der Waals surface area contributed by atoms with Crippen LogP contribution in [0.2, 0.25) is 0 Å². The van der Waals surface area contributed by atoms with E-state index in [0.717, 1.165) is 11.1 Å². The molecule has 8 N–H and O–H groups in total. The average molecular weight is 727 g/mol. The molecule has 14 heteroatoms. The molecule has 0 spiro atoms. The second-order valence-electron chi connectivity index (χ2n) is 14.5. The number of alkyl carbamates (subject to hydrolysis) is 1. The zero-order chi connectivity index (χ0) is 38.9. The number of esters is 1. The van der Waals surface area contributed by atoms with Crippen LogP contribution in [0.4, 0.5) is 4.79 Å². The van der Waals surface area contributed by atoms with Gasteiger partial charge in [0.2, 0.25) is 17.7 Å². The first kappa shape index (κ1) is 43.5. The Morgan fingerprint density at radius 3 is 1.65 bits per heavy atom. The number of unbranched alkanes of at least 4 members (excludes halogenated alkanes) is 1. The monoisotopic (exact) mass is 726 g/mol. The molecule has 0 saturated heterocycles. The summed E-state index contributed by atoms with van der Waals surface area (Å²) in [6.45, 7) is 11.4. The van der Waals surface area contributed by atoms with Gasteiger partial charge in [0.15, 0.2) is 0 Å². The Hall–Kier alpha value is -4.69. The van der Waals surface area contributed by atoms with Crippen LogP contribution in [0.5, 0.6) is 5.75 Å². The van der Waals surface area contributed by atoms with Gasteiger partial charge in [-0.3, -0.25) is 14.4 Å². The van der Waals surface area contributed by atoms with Gasteiger partial charge in [-0.05, 0) is 104 Å². The number of amides is 4. The van der Waals surface area contributed by atoms with Gasteiger partial charge in [-0.25, -0.2) is 9.59 Å². The van der Waals surface area contributed by atoms with E-state index in [2.05, 4.69) is 21.3 Å². The molecule has 14 nitrogen and oxygen atoms in total. The molecule has 288 valence electrons. The Kier molecular flexibility index (Phi) is 17.5. The van der Waals surface area contributed by atoms with Crippen molar-refractivity contribution in [1.29, 1.82) is 0 Å². The number of hydrogen-bond donors (Lipinski definition) is 6. The minimum Gasteiger partial charge on any atom is -0.488 e. The molecule has 0 radical (unpaired) electrons. The normalized spacial score (nSPS) is 13.8. The van der Waals surface area contributed by atoms with Crippen molar-refractivity contribution >= 4 is 29.8 Å². The Bertz CT molecular complexity index is 1440. The first-order valence-corrected chi connectivity index (χ1v) is 17.6. The van der Waals surface area contributed by atoms with Crippen LogP contribution in [0.1, 0.15) is 78.4 Å². The Morgan fingerprint density at radius 2 is 1.13 bits per heavy atom. The molecule has 4 atom stereocenters. The van der Waals surface area contributed by atoms with Crippen molar-refractivity contribution in [2.24, 2.45) is 11.5 Å². The molecule has 0 bridgehead atoms. The summed E-state index contributed by atoms with van der Waals surface area (Å²) in [6.07, 6.45) is 0.761. The number of ether oxygens (including phenoxy) is 3. The van der Waals surface area contributed by atoms with E-state index in [4.69, 9.17) is 25.7 Å². The minimum absolute atomic E-state index is 0.0765. The quantitative estimate of drug-likeness (QED) is 0.0920. The van der Waals surface area contributed by atoms with E-state index < -0.39 is 65.2 Å². The van der Waals surface area contributed by atoms with Crippen LogP contribution in [0.25, 0.3) is 0 Å². The van der Waals surface area contributed by atoms with Gasteiger partial charge < -0.3 is 46.9 Å². The number of carbonyl (C=O) groups excluding carboxylic acids is 5. The van der Waals surface area contributed by atoms with E-state index in [1.54, 1.807) is 69.3 Å². The highest BCUT2D eigenvalue weighted by Gasteiger charge is 2.32. The number of benzene rings is 2. The van der Waals surface area contributed by atoms with Crippen molar-refractivity contribution in [2.75, 3.05) is 20.2 Å². The Balaban J connectivity index is 2.38. The third-order valence-electron chi connectivity index (χ3n) is 7.55. The molecular formula is C38H58N6O8. The second kappa shape index (κ2) is 21.0. The van der Waals surface area contributed by atoms with Crippen LogP contribution in [-0.2, 0) is 41.5 Å². The predicted octanol–water partition coefficient (Wildman–Crippen LogP) is 2.65. The summed E-state index contributed by atoms with van der Waals surface area (Å²) in [5, 5.41) is 10.9. The van der Waals surface area contributed by atoms with Crippen molar-refractivity contribution in [3.63, 3.8) is 0 Å². The van der Waals surface area contributed by atoms with Crippen LogP contribution in [0.3, 0.4) is 0 Å². The molecule has 52 heavy (non-hydrogen) atoms. The predicted molar refractivity (Wildman–Crippen MR) is 198 cm³/mol. The lowest BCUT2D eigenvalue weighted by Gasteiger charge is -2.27. The van der Waals surface area contributed by atoms with Crippen molar-refractivity contribution < 1.29 is 38.2 Å². The topological polar surface area (TPSA) is 213 Å². The fourth-order valence-electron chi connectivity index (χ4n) is 5.14. The van der Waals surface area contributed by atoms with Gasteiger partial charge in [-0.15, -0.1) is 0 Å². The SMILES string of the molecule is COC(=O)[C@H](CCN)NC(=O)[C@H](Cc1ccccc1)NC(=O)[C@@H](CCCCN)NC(=O)[C@H](Cc1ccc(OC(C)(C)C)cc1)NC(=O)OC(C)(C)C. The van der Waals surface area contributed by atoms with Gasteiger partial charge in [-0.2, -0.15) is 0 Å². The summed E-state index contributed by atoms with van der Waals surface area (Å²) < 4.78 is 16.2. The summed E-state index contributed by atoms with van der Waals surface area (Å²) in [6, 6.07) is 11.8. The number of nitrogens with two attached hydrogens (primary N) is 2. The van der Waals surface area contributed by atoms with Crippen molar-refractivity contribution in [2.45, 2.75) is 115 Å². The highest BCUT2D eigenvalue weighted by atomic mass is 16.6. The van der Waals surface area contributed by atoms with E-state index in [0.29, 0.717) is 25.1 Å². The molecule has 0 aliphatic carbocycles. The van der Waals surface area contributed by atoms with Crippen LogP contribution >= 0.6 is 0 Å². The highest BCUT2D eigenvalue weighted by Crippen LogP contribution is 2.19. The van der Waals surface area contributed by atoms with Crippen LogP contribution < -0.4 is 37.5 Å². The zero-order valence-electron chi connectivity index (χ0n) is 31.6. The van der Waals surface area contributed by atoms with Gasteiger partial charge in [0, 0.05) is 12.8 Å². The van der Waals surface area contributed by atoms with Crippen LogP contribution in [0.15, 0.2) is 54.6 Å². The zero-order valence-corrected chi connectivity index (χ0v) is 31.6. The lowest BCUT2D eigenvalue weighted by molar-refractivity contribution is -0.145. The maximum Gasteiger partial charge on any atom is 0.408 e. The molecule has 0 saturated carbocycles. The van der Waals surface area contributed by atoms with Gasteiger partial charge in [-0.1, -0.05) is 42.5 Å². The van der Waals surface area contributed by atoms with Crippen LogP contribution in [0, 0.1) is 0 Å². The maximum atomic E-state index is 13.9. The molecule has 0 aliphatic heterocycles. The Labute approximate surface area is 307 Å². The van der Waals surface area contributed by atoms with Gasteiger partial charge >= 0.3 is 12.1 Å². The smallest absolute Gasteiger partial charge is 0.408 e. The lowest BCUT2D eigenvalue weighted by Crippen LogP contribution is -2.58. The summed E-state index contributed by atoms with van der Waals surface area (Å²) in [7, 11) is 1.21. The number of hydrogen-bond acceptors (Lipinski definition) is 10. The number of methoxy groups -OCH3 is 1. The summed E-state index contributed by atoms with van der Waals surface area (Å²) in [5.41, 5.74) is 11.6. The van der Waals surface area contributed by atoms with Crippen molar-refractivity contribution in [3.05, 3.63) is 65.7 Å². The van der Waals surface area contributed by atoms with Crippen molar-refractivity contribution in [1.82, 2.24) is 21.3 Å². The first-order valence-electron chi connectivity index (χ1n) is 17.6. The van der Waals surface area contributed by atoms with E-state index >= 15 is 0 Å². The standard InChI is InChI=1S/C38H58N6O8/c1-37(2,3)51-27-18-16-26(17-19-27)24-31(44-36(49)52-38(4,5)6)34(47)41-28(15-11-12-21-39)32(45)43-30(23-25-13-9-8-10-14-25)33(46)42-29(20-22-40)35(48)50-7/h8-10,13-14,16-19,28-31H,11-12,15,20-24,39-40H2,1-7H3,(H,41,47)(H,42,46)(H,43,45)(H,44,49)/t28-,29+,30+,31+/m1/s1. The summed E-state index contributed by atoms with van der Waals surface area (Å²) in [4.78, 5) is 66.7. The average Bonchev–Trinajstić information content (AvgIpc) is 3.06. The van der Waals surface area contributed by atoms with Crippen molar-refractivity contribution in [3.8, 4) is 5.75 Å². The third kappa shape index (κ3) is 16.6. The highest BCUT2D eigenvalue weighted by molar-refractivity contribution is 5.95. The molecule has 0 fully saturated rings. The second-order valence-corrected chi connectivity index (χ2v) is 14.5. The molecule has 0 heterocycles. The molecule has 0 aromatic heterocycles. The fourth-order valence-corrected chi connectivity index (χ4v) is 5.14. The van der Waals surface area contributed by atoms with E-state index in [9.17, 15) is 24.0 Å². The number of carbonyl (C=O) groups is 5. The molecule has 0 unspecified atom stereocenters. The van der Waals surface area contributed by atoms with Crippen LogP contribution in [-0.4, -0.2) is 85.4 Å². The maximum absolute atomic E-state index is 13.9. The van der Waals surface area contributed by atoms with E-state index in [-0.39, 0.29) is 32.2 Å². The summed E-state index contributed by atoms with van der Waals surface area (Å²) in [5.74, 6) is -1.92. The molecule has 4 amide bonds. The van der Waals surface area contributed by atoms with Gasteiger partial charge in [0.05, 0.1) is 7.11 Å². The van der Waals surface area contributed by atoms with E-state index in [1.807, 2.05) is 26.8 Å². The Morgan fingerprint density at radius 1 is 0.615 bits per heavy atom. The van der Waals surface area contributed by atoms with E-state index in [1.165, 1.54) is 7.11 Å². The first-order chi connectivity index (χ1) is 24.4. The summed E-state index contributed by atoms with van der Waals surface area (Å²) >= 11 is 0. The van der Waals surface area contributed by atoms with Gasteiger partial charge in [0.1, 0.15) is 41.1 Å². The number of nitrogens with one attached hydrogen (secondary N) is 4. The molecule has 2 aromatic rings. The molecule has 2 aromatic carbocycles. The number of rotatable bonds is 19. The largest absolute Gasteiger partial charge is 0.488 e. The molecule has 0 aliphatic rings.